The van der Waals surface area contributed by atoms with Gasteiger partial charge in [-0.3, -0.25) is 4.57 Å². The average molecular weight is 454 g/mol. The highest BCUT2D eigenvalue weighted by atomic mass is 35.5. The predicted octanol–water partition coefficient (Wildman–Crippen LogP) is 2.16. The molecule has 0 unspecified atom stereocenters. The lowest BCUT2D eigenvalue weighted by atomic mass is 10.1. The van der Waals surface area contributed by atoms with E-state index in [0.717, 1.165) is 17.6 Å². The first-order valence-electron chi connectivity index (χ1n) is 9.59. The fourth-order valence-corrected chi connectivity index (χ4v) is 3.44. The number of imidazole rings is 1. The van der Waals surface area contributed by atoms with E-state index in [1.54, 1.807) is 12.0 Å². The van der Waals surface area contributed by atoms with Crippen LogP contribution in [0.15, 0.2) is 30.5 Å². The number of piperazine rings is 1. The summed E-state index contributed by atoms with van der Waals surface area (Å²) in [7, 11) is 1.62. The fourth-order valence-electron chi connectivity index (χ4n) is 3.24. The van der Waals surface area contributed by atoms with Gasteiger partial charge in [0.1, 0.15) is 24.2 Å². The largest absolute Gasteiger partial charge is 0.497 e. The van der Waals surface area contributed by atoms with Gasteiger partial charge in [-0.2, -0.15) is 0 Å². The van der Waals surface area contributed by atoms with E-state index >= 15 is 0 Å². The number of halogens is 1. The maximum atomic E-state index is 12.4. The van der Waals surface area contributed by atoms with Crippen molar-refractivity contribution in [2.24, 2.45) is 0 Å². The van der Waals surface area contributed by atoms with Crippen LogP contribution in [0.25, 0.3) is 0 Å². The Balaban J connectivity index is 1.48. The molecule has 0 bridgehead atoms. The lowest BCUT2D eigenvalue weighted by Gasteiger charge is -2.36. The number of aliphatic hydroxyl groups is 1. The van der Waals surface area contributed by atoms with Crippen molar-refractivity contribution in [2.75, 3.05) is 44.8 Å². The number of ether oxygens (including phenoxy) is 2. The van der Waals surface area contributed by atoms with Gasteiger partial charge in [-0.25, -0.2) is 4.79 Å². The molecule has 1 N–H and O–H groups in total. The Morgan fingerprint density at radius 2 is 1.94 bits per heavy atom. The number of rotatable bonds is 7. The molecule has 168 valence electrons. The van der Waals surface area contributed by atoms with Gasteiger partial charge in [0, 0.05) is 31.9 Å². The maximum Gasteiger partial charge on any atom is 0.409 e. The third-order valence-electron chi connectivity index (χ3n) is 4.90. The monoisotopic (exact) mass is 453 g/mol. The minimum absolute atomic E-state index is 0.120. The molecule has 1 fully saturated rings. The molecule has 1 aliphatic heterocycles. The van der Waals surface area contributed by atoms with Crippen LogP contribution in [-0.4, -0.2) is 76.1 Å². The molecular formula is C19H24ClN5O6. The van der Waals surface area contributed by atoms with Crippen molar-refractivity contribution in [3.63, 3.8) is 0 Å². The summed E-state index contributed by atoms with van der Waals surface area (Å²) in [4.78, 5) is 29.8. The van der Waals surface area contributed by atoms with Gasteiger partial charge in [-0.1, -0.05) is 0 Å². The molecule has 1 aliphatic rings. The highest BCUT2D eigenvalue weighted by molar-refractivity contribution is 6.28. The molecule has 0 saturated carbocycles. The number of aromatic nitrogens is 2. The smallest absolute Gasteiger partial charge is 0.409 e. The predicted molar refractivity (Wildman–Crippen MR) is 113 cm³/mol. The molecule has 12 heteroatoms. The number of nitrogens with zero attached hydrogens (tertiary/aromatic N) is 5. The topological polar surface area (TPSA) is 123 Å². The Morgan fingerprint density at radius 3 is 2.48 bits per heavy atom. The number of carbonyl (C=O) groups excluding carboxylic acids is 1. The van der Waals surface area contributed by atoms with E-state index in [1.165, 1.54) is 11.5 Å². The first kappa shape index (κ1) is 22.6. The number of hydrogen-bond acceptors (Lipinski definition) is 8. The summed E-state index contributed by atoms with van der Waals surface area (Å²) in [5.41, 5.74) is -0.443. The number of amides is 1. The first-order valence-corrected chi connectivity index (χ1v) is 9.96. The zero-order chi connectivity index (χ0) is 22.6. The van der Waals surface area contributed by atoms with Crippen LogP contribution in [0.2, 0.25) is 5.28 Å². The minimum atomic E-state index is -1.49. The fraction of sp³-hybridized carbons (Fsp3) is 0.474. The second-order valence-electron chi connectivity index (χ2n) is 7.48. The van der Waals surface area contributed by atoms with Gasteiger partial charge in [0.15, 0.2) is 0 Å². The van der Waals surface area contributed by atoms with Crippen LogP contribution in [0.4, 0.5) is 16.3 Å². The second-order valence-corrected chi connectivity index (χ2v) is 7.81. The molecule has 0 spiro atoms. The van der Waals surface area contributed by atoms with E-state index in [0.29, 0.717) is 26.2 Å². The zero-order valence-corrected chi connectivity index (χ0v) is 18.0. The van der Waals surface area contributed by atoms with E-state index < -0.39 is 22.4 Å². The summed E-state index contributed by atoms with van der Waals surface area (Å²) < 4.78 is 11.7. The lowest BCUT2D eigenvalue weighted by molar-refractivity contribution is -0.389. The van der Waals surface area contributed by atoms with Crippen molar-refractivity contribution in [3.05, 3.63) is 45.9 Å². The molecule has 1 saturated heterocycles. The van der Waals surface area contributed by atoms with Gasteiger partial charge in [0.2, 0.25) is 0 Å². The number of carbonyl (C=O) groups is 1. The zero-order valence-electron chi connectivity index (χ0n) is 17.2. The molecule has 3 rings (SSSR count). The van der Waals surface area contributed by atoms with Crippen LogP contribution in [0, 0.1) is 10.1 Å². The Morgan fingerprint density at radius 1 is 1.29 bits per heavy atom. The number of nitro groups is 1. The van der Waals surface area contributed by atoms with Crippen LogP contribution in [-0.2, 0) is 11.3 Å². The molecule has 0 aliphatic carbocycles. The van der Waals surface area contributed by atoms with Crippen LogP contribution < -0.4 is 9.64 Å². The number of methoxy groups -OCH3 is 1. The van der Waals surface area contributed by atoms with Crippen LogP contribution in [0.5, 0.6) is 5.75 Å². The van der Waals surface area contributed by atoms with Crippen molar-refractivity contribution < 1.29 is 24.3 Å². The third-order valence-corrected chi connectivity index (χ3v) is 5.20. The highest BCUT2D eigenvalue weighted by Gasteiger charge is 2.29. The highest BCUT2D eigenvalue weighted by Crippen LogP contribution is 2.22. The second kappa shape index (κ2) is 9.40. The first-order chi connectivity index (χ1) is 14.7. The third kappa shape index (κ3) is 5.76. The van der Waals surface area contributed by atoms with Crippen molar-refractivity contribution in [2.45, 2.75) is 19.1 Å². The van der Waals surface area contributed by atoms with Crippen molar-refractivity contribution in [1.29, 1.82) is 0 Å². The summed E-state index contributed by atoms with van der Waals surface area (Å²) in [5.74, 6) is 0.358. The normalized spacial score (nSPS) is 16.0. The lowest BCUT2D eigenvalue weighted by Crippen LogP contribution is -2.50. The summed E-state index contributed by atoms with van der Waals surface area (Å²) in [6.07, 6.45) is 0.592. The molecule has 1 amide bonds. The molecule has 2 aromatic rings. The van der Waals surface area contributed by atoms with E-state index in [1.807, 2.05) is 24.3 Å². The molecule has 11 nitrogen and oxygen atoms in total. The Hall–Kier alpha value is -3.05. The minimum Gasteiger partial charge on any atom is -0.497 e. The van der Waals surface area contributed by atoms with Crippen molar-refractivity contribution in [3.8, 4) is 5.75 Å². The summed E-state index contributed by atoms with van der Waals surface area (Å²) in [6.45, 7) is 3.28. The molecule has 0 radical (unpaired) electrons. The summed E-state index contributed by atoms with van der Waals surface area (Å²) in [6, 6.07) is 7.71. The van der Waals surface area contributed by atoms with Gasteiger partial charge in [-0.15, -0.1) is 0 Å². The van der Waals surface area contributed by atoms with Gasteiger partial charge >= 0.3 is 17.2 Å². The van der Waals surface area contributed by atoms with Crippen molar-refractivity contribution >= 4 is 29.2 Å². The van der Waals surface area contributed by atoms with E-state index in [9.17, 15) is 20.0 Å². The maximum absolute atomic E-state index is 12.4. The van der Waals surface area contributed by atoms with Crippen LogP contribution >= 0.6 is 11.6 Å². The molecule has 1 aromatic carbocycles. The average Bonchev–Trinajstić information content (AvgIpc) is 3.12. The Kier molecular flexibility index (Phi) is 6.86. The summed E-state index contributed by atoms with van der Waals surface area (Å²) in [5, 5.41) is 21.2. The van der Waals surface area contributed by atoms with E-state index in [4.69, 9.17) is 21.1 Å². The van der Waals surface area contributed by atoms with Gasteiger partial charge in [-0.05, 0) is 52.7 Å². The van der Waals surface area contributed by atoms with Gasteiger partial charge < -0.3 is 34.5 Å². The standard InChI is InChI=1S/C19H24ClN5O6/c1-19(27,12-24-11-16(25(28)29)21-17(24)20)13-31-18(26)23-9-7-22(8-10-23)14-3-5-15(30-2)6-4-14/h3-6,11,27H,7-10,12-13H2,1-2H3/t19-/m1/s1. The number of benzene rings is 1. The number of hydrogen-bond donors (Lipinski definition) is 1. The van der Waals surface area contributed by atoms with Gasteiger partial charge in [0.05, 0.1) is 13.7 Å². The molecular weight excluding hydrogens is 430 g/mol. The Labute approximate surface area is 183 Å². The SMILES string of the molecule is COc1ccc(N2CCN(C(=O)OC[C@](C)(O)Cn3cc([N+](=O)[O-])nc3Cl)CC2)cc1. The summed E-state index contributed by atoms with van der Waals surface area (Å²) >= 11 is 5.87. The van der Waals surface area contributed by atoms with Crippen molar-refractivity contribution in [1.82, 2.24) is 14.5 Å². The quantitative estimate of drug-likeness (QED) is 0.499. The van der Waals surface area contributed by atoms with Crippen LogP contribution in [0.1, 0.15) is 6.92 Å². The van der Waals surface area contributed by atoms with E-state index in [-0.39, 0.29) is 18.4 Å². The van der Waals surface area contributed by atoms with Crippen LogP contribution in [0.3, 0.4) is 0 Å². The van der Waals surface area contributed by atoms with E-state index in [2.05, 4.69) is 9.88 Å². The molecule has 2 heterocycles. The molecule has 1 atom stereocenters. The van der Waals surface area contributed by atoms with Gasteiger partial charge in [0.25, 0.3) is 0 Å². The molecule has 1 aromatic heterocycles. The Bertz CT molecular complexity index is 924. The molecule has 31 heavy (non-hydrogen) atoms. The number of anilines is 1.